The molecule has 1 saturated heterocycles. The topological polar surface area (TPSA) is 66.8 Å². The number of fused-ring (bicyclic) bond motifs is 1. The Hall–Kier alpha value is -3.77. The molecule has 5 rings (SSSR count). The zero-order valence-corrected chi connectivity index (χ0v) is 19.9. The Morgan fingerprint density at radius 2 is 1.74 bits per heavy atom. The number of benzene rings is 3. The third-order valence-electron chi connectivity index (χ3n) is 6.66. The highest BCUT2D eigenvalue weighted by molar-refractivity contribution is 5.89. The first kappa shape index (κ1) is 23.0. The second-order valence-electron chi connectivity index (χ2n) is 8.92. The summed E-state index contributed by atoms with van der Waals surface area (Å²) in [5.74, 6) is -0.0719. The summed E-state index contributed by atoms with van der Waals surface area (Å²) >= 11 is 0. The van der Waals surface area contributed by atoms with Crippen LogP contribution in [0.4, 0.5) is 0 Å². The molecular weight excluding hydrogens is 440 g/mol. The van der Waals surface area contributed by atoms with Crippen LogP contribution in [0.5, 0.6) is 11.5 Å². The van der Waals surface area contributed by atoms with Crippen LogP contribution in [0.1, 0.15) is 28.8 Å². The predicted octanol–water partition coefficient (Wildman–Crippen LogP) is 4.20. The maximum Gasteiger partial charge on any atom is 0.128 e. The Balaban J connectivity index is 1.40. The molecule has 1 aliphatic rings. The van der Waals surface area contributed by atoms with Gasteiger partial charge in [0.2, 0.25) is 0 Å². The quantitative estimate of drug-likeness (QED) is 0.368. The number of rotatable bonds is 9. The van der Waals surface area contributed by atoms with E-state index in [9.17, 15) is 9.90 Å². The second-order valence-corrected chi connectivity index (χ2v) is 8.92. The molecule has 0 amide bonds. The summed E-state index contributed by atoms with van der Waals surface area (Å²) in [6.07, 6.45) is 2.58. The molecule has 1 aromatic heterocycles. The molecule has 6 nitrogen and oxygen atoms in total. The van der Waals surface area contributed by atoms with E-state index in [0.717, 1.165) is 40.0 Å². The summed E-state index contributed by atoms with van der Waals surface area (Å²) in [4.78, 5) is 13.8. The minimum absolute atomic E-state index is 0.0501. The van der Waals surface area contributed by atoms with Crippen molar-refractivity contribution < 1.29 is 19.4 Å². The van der Waals surface area contributed by atoms with Crippen molar-refractivity contribution in [3.63, 3.8) is 0 Å². The van der Waals surface area contributed by atoms with Gasteiger partial charge >= 0.3 is 0 Å². The van der Waals surface area contributed by atoms with Crippen molar-refractivity contribution in [1.29, 1.82) is 0 Å². The summed E-state index contributed by atoms with van der Waals surface area (Å²) < 4.78 is 13.5. The lowest BCUT2D eigenvalue weighted by atomic mass is 10.1. The monoisotopic (exact) mass is 469 g/mol. The molecule has 0 N–H and O–H groups in total. The molecule has 0 atom stereocenters. The van der Waals surface area contributed by atoms with Crippen LogP contribution in [0, 0.1) is 0 Å². The molecule has 35 heavy (non-hydrogen) atoms. The van der Waals surface area contributed by atoms with E-state index in [1.807, 2.05) is 30.3 Å². The number of nitrogens with zero attached hydrogens (tertiary/aromatic N) is 2. The summed E-state index contributed by atoms with van der Waals surface area (Å²) in [5, 5.41) is 12.5. The zero-order valence-electron chi connectivity index (χ0n) is 19.9. The molecule has 0 saturated carbocycles. The highest BCUT2D eigenvalue weighted by Crippen LogP contribution is 2.31. The lowest BCUT2D eigenvalue weighted by Crippen LogP contribution is -2.25. The predicted molar refractivity (Wildman–Crippen MR) is 135 cm³/mol. The average molecular weight is 470 g/mol. The highest BCUT2D eigenvalue weighted by Gasteiger charge is 2.14. The van der Waals surface area contributed by atoms with Gasteiger partial charge in [-0.1, -0.05) is 24.3 Å². The van der Waals surface area contributed by atoms with Gasteiger partial charge < -0.3 is 23.9 Å². The fourth-order valence-electron chi connectivity index (χ4n) is 4.83. The van der Waals surface area contributed by atoms with Crippen molar-refractivity contribution in [2.24, 2.45) is 0 Å². The van der Waals surface area contributed by atoms with Crippen LogP contribution in [-0.4, -0.2) is 48.8 Å². The number of methoxy groups -OCH3 is 1. The van der Waals surface area contributed by atoms with Gasteiger partial charge in [0.05, 0.1) is 13.1 Å². The summed E-state index contributed by atoms with van der Waals surface area (Å²) in [6.45, 7) is 4.59. The van der Waals surface area contributed by atoms with E-state index >= 15 is 0 Å². The Kier molecular flexibility index (Phi) is 6.73. The van der Waals surface area contributed by atoms with Crippen molar-refractivity contribution in [3.8, 4) is 22.8 Å². The van der Waals surface area contributed by atoms with Crippen LogP contribution in [0.15, 0.2) is 72.8 Å². The molecule has 0 unspecified atom stereocenters. The standard InChI is InChI=1S/C29H30N2O4/c1-34-28-18-21(8-13-25(28)29(32)33)20-31-26-7-3-2-6-23(26)19-27(31)22-9-11-24(12-10-22)35-17-16-30-14-4-5-15-30/h2-3,6-13,18-19H,4-5,14-17,20H2,1H3,(H,32,33)/p-1. The minimum Gasteiger partial charge on any atom is -0.545 e. The number of likely N-dealkylation sites (tertiary alicyclic amines) is 1. The van der Waals surface area contributed by atoms with E-state index in [-0.39, 0.29) is 5.56 Å². The summed E-state index contributed by atoms with van der Waals surface area (Å²) in [6, 6.07) is 23.8. The van der Waals surface area contributed by atoms with Crippen LogP contribution in [0.3, 0.4) is 0 Å². The summed E-state index contributed by atoms with van der Waals surface area (Å²) in [5.41, 5.74) is 4.27. The SMILES string of the molecule is COc1cc(Cn2c(-c3ccc(OCCN4CCCC4)cc3)cc3ccccc32)ccc1C(=O)[O-]. The van der Waals surface area contributed by atoms with E-state index in [2.05, 4.69) is 39.8 Å². The smallest absolute Gasteiger partial charge is 0.128 e. The molecule has 0 bridgehead atoms. The molecule has 6 heteroatoms. The first-order valence-electron chi connectivity index (χ1n) is 12.0. The van der Waals surface area contributed by atoms with E-state index in [0.29, 0.717) is 18.9 Å². The molecule has 0 aliphatic carbocycles. The van der Waals surface area contributed by atoms with Crippen LogP contribution in [0.25, 0.3) is 22.2 Å². The normalized spacial score (nSPS) is 13.9. The number of aromatic nitrogens is 1. The second kappa shape index (κ2) is 10.2. The fraction of sp³-hybridized carbons (Fsp3) is 0.276. The first-order chi connectivity index (χ1) is 17.1. The van der Waals surface area contributed by atoms with Crippen LogP contribution < -0.4 is 14.6 Å². The highest BCUT2D eigenvalue weighted by atomic mass is 16.5. The van der Waals surface area contributed by atoms with Gasteiger partial charge in [-0.3, -0.25) is 4.90 Å². The number of carbonyl (C=O) groups is 1. The van der Waals surface area contributed by atoms with Gasteiger partial charge in [-0.05, 0) is 85.6 Å². The fourth-order valence-corrected chi connectivity index (χ4v) is 4.83. The molecule has 3 aromatic carbocycles. The van der Waals surface area contributed by atoms with Gasteiger partial charge in [-0.15, -0.1) is 0 Å². The van der Waals surface area contributed by atoms with Crippen LogP contribution in [-0.2, 0) is 6.54 Å². The van der Waals surface area contributed by atoms with E-state index < -0.39 is 5.97 Å². The van der Waals surface area contributed by atoms with Gasteiger partial charge in [0.15, 0.2) is 0 Å². The zero-order chi connectivity index (χ0) is 24.2. The number of carboxylic acids is 1. The number of carbonyl (C=O) groups excluding carboxylic acids is 1. The molecule has 4 aromatic rings. The lowest BCUT2D eigenvalue weighted by molar-refractivity contribution is -0.255. The van der Waals surface area contributed by atoms with E-state index in [1.165, 1.54) is 33.0 Å². The average Bonchev–Trinajstić information content (AvgIpc) is 3.53. The number of ether oxygens (including phenoxy) is 2. The van der Waals surface area contributed by atoms with Crippen LogP contribution in [0.2, 0.25) is 0 Å². The number of aromatic carboxylic acids is 1. The lowest BCUT2D eigenvalue weighted by Gasteiger charge is -2.16. The van der Waals surface area contributed by atoms with Gasteiger partial charge in [0.1, 0.15) is 18.1 Å². The molecule has 180 valence electrons. The Labute approximate surface area is 205 Å². The van der Waals surface area contributed by atoms with Gasteiger partial charge in [0, 0.05) is 35.2 Å². The Morgan fingerprint density at radius 1 is 0.971 bits per heavy atom. The number of para-hydroxylation sites is 1. The third-order valence-corrected chi connectivity index (χ3v) is 6.66. The largest absolute Gasteiger partial charge is 0.545 e. The number of carboxylic acid groups (broad SMARTS) is 1. The van der Waals surface area contributed by atoms with Gasteiger partial charge in [-0.2, -0.15) is 0 Å². The molecule has 1 fully saturated rings. The molecule has 2 heterocycles. The van der Waals surface area contributed by atoms with Crippen molar-refractivity contribution in [3.05, 3.63) is 83.9 Å². The van der Waals surface area contributed by atoms with Crippen molar-refractivity contribution in [2.45, 2.75) is 19.4 Å². The maximum atomic E-state index is 11.4. The third kappa shape index (κ3) is 5.03. The van der Waals surface area contributed by atoms with Crippen molar-refractivity contribution >= 4 is 16.9 Å². The Morgan fingerprint density at radius 3 is 2.49 bits per heavy atom. The minimum atomic E-state index is -1.25. The van der Waals surface area contributed by atoms with E-state index in [4.69, 9.17) is 9.47 Å². The van der Waals surface area contributed by atoms with Crippen molar-refractivity contribution in [1.82, 2.24) is 9.47 Å². The van der Waals surface area contributed by atoms with Gasteiger partial charge in [-0.25, -0.2) is 0 Å². The van der Waals surface area contributed by atoms with Crippen molar-refractivity contribution in [2.75, 3.05) is 33.4 Å². The van der Waals surface area contributed by atoms with E-state index in [1.54, 1.807) is 12.1 Å². The maximum absolute atomic E-state index is 11.4. The molecule has 0 radical (unpaired) electrons. The van der Waals surface area contributed by atoms with Gasteiger partial charge in [0.25, 0.3) is 0 Å². The van der Waals surface area contributed by atoms with Crippen LogP contribution >= 0.6 is 0 Å². The molecular formula is C29H29N2O4-. The number of hydrogen-bond acceptors (Lipinski definition) is 5. The molecule has 1 aliphatic heterocycles. The Bertz CT molecular complexity index is 1320. The molecule has 0 spiro atoms. The first-order valence-corrected chi connectivity index (χ1v) is 12.0. The summed E-state index contributed by atoms with van der Waals surface area (Å²) in [7, 11) is 1.47. The number of hydrogen-bond donors (Lipinski definition) is 0.